The van der Waals surface area contributed by atoms with Gasteiger partial charge in [-0.25, -0.2) is 0 Å². The summed E-state index contributed by atoms with van der Waals surface area (Å²) in [6, 6.07) is 17.4. The molecule has 0 aliphatic rings. The van der Waals surface area contributed by atoms with Crippen molar-refractivity contribution in [2.24, 2.45) is 0 Å². The van der Waals surface area contributed by atoms with Gasteiger partial charge in [0.2, 0.25) is 0 Å². The minimum Gasteiger partial charge on any atom is -0.320 e. The van der Waals surface area contributed by atoms with Gasteiger partial charge in [0.05, 0.1) is 11.2 Å². The number of aromatic nitrogens is 1. The third-order valence-corrected chi connectivity index (χ3v) is 4.39. The lowest BCUT2D eigenvalue weighted by Gasteiger charge is -2.16. The van der Waals surface area contributed by atoms with Crippen LogP contribution in [0.4, 0.5) is 5.69 Å². The van der Waals surface area contributed by atoms with E-state index in [0.717, 1.165) is 22.3 Å². The highest BCUT2D eigenvalue weighted by Gasteiger charge is 2.15. The Hall–Kier alpha value is -2.68. The topological polar surface area (TPSA) is 42.0 Å². The minimum atomic E-state index is -0.115. The van der Waals surface area contributed by atoms with Crippen LogP contribution in [0.3, 0.4) is 0 Å². The smallest absolute Gasteiger partial charge is 0.255 e. The zero-order valence-corrected chi connectivity index (χ0v) is 15.2. The van der Waals surface area contributed by atoms with Crippen LogP contribution < -0.4 is 5.32 Å². The van der Waals surface area contributed by atoms with Crippen LogP contribution in [0, 0.1) is 0 Å². The first-order valence-electron chi connectivity index (χ1n) is 8.77. The predicted octanol–water partition coefficient (Wildman–Crippen LogP) is 5.73. The molecule has 0 fully saturated rings. The number of hydrogen-bond donors (Lipinski definition) is 1. The molecule has 3 rings (SSSR count). The number of nitrogens with one attached hydrogen (secondary N) is 1. The van der Waals surface area contributed by atoms with Crippen LogP contribution in [0.1, 0.15) is 61.1 Å². The zero-order chi connectivity index (χ0) is 18.0. The van der Waals surface area contributed by atoms with Crippen molar-refractivity contribution in [1.29, 1.82) is 0 Å². The SMILES string of the molecule is CC(C)c1cc(C(C)C)c2cccc(NC(=O)c3ccccc3)c2n1. The number of anilines is 1. The van der Waals surface area contributed by atoms with Crippen LogP contribution in [-0.2, 0) is 0 Å². The van der Waals surface area contributed by atoms with Crippen molar-refractivity contribution in [3.8, 4) is 0 Å². The molecular weight excluding hydrogens is 308 g/mol. The van der Waals surface area contributed by atoms with Gasteiger partial charge in [0.1, 0.15) is 0 Å². The lowest BCUT2D eigenvalue weighted by Crippen LogP contribution is -2.12. The van der Waals surface area contributed by atoms with E-state index in [1.807, 2.05) is 42.5 Å². The lowest BCUT2D eigenvalue weighted by molar-refractivity contribution is 0.102. The number of para-hydroxylation sites is 1. The highest BCUT2D eigenvalue weighted by atomic mass is 16.1. The monoisotopic (exact) mass is 332 g/mol. The molecule has 1 aromatic heterocycles. The predicted molar refractivity (Wildman–Crippen MR) is 104 cm³/mol. The number of amides is 1. The van der Waals surface area contributed by atoms with E-state index in [2.05, 4.69) is 45.1 Å². The Labute approximate surface area is 149 Å². The molecule has 0 bridgehead atoms. The normalized spacial score (nSPS) is 11.3. The number of carbonyl (C=O) groups is 1. The van der Waals surface area contributed by atoms with Crippen LogP contribution in [0.15, 0.2) is 54.6 Å². The summed E-state index contributed by atoms with van der Waals surface area (Å²) in [5.74, 6) is 0.610. The van der Waals surface area contributed by atoms with Crippen molar-refractivity contribution in [3.05, 3.63) is 71.4 Å². The fraction of sp³-hybridized carbons (Fsp3) is 0.273. The van der Waals surface area contributed by atoms with Crippen molar-refractivity contribution in [2.75, 3.05) is 5.32 Å². The number of rotatable bonds is 4. The van der Waals surface area contributed by atoms with Gasteiger partial charge in [-0.1, -0.05) is 58.0 Å². The third kappa shape index (κ3) is 3.55. The molecule has 2 aromatic carbocycles. The molecule has 0 atom stereocenters. The summed E-state index contributed by atoms with van der Waals surface area (Å²) in [6.07, 6.45) is 0. The second-order valence-electron chi connectivity index (χ2n) is 6.97. The van der Waals surface area contributed by atoms with Crippen molar-refractivity contribution in [1.82, 2.24) is 4.98 Å². The Kier molecular flexibility index (Phi) is 4.84. The minimum absolute atomic E-state index is 0.115. The summed E-state index contributed by atoms with van der Waals surface area (Å²) in [4.78, 5) is 17.4. The molecule has 128 valence electrons. The standard InChI is InChI=1S/C22H24N2O/c1-14(2)18-13-20(15(3)4)23-21-17(18)11-8-12-19(21)24-22(25)16-9-6-5-7-10-16/h5-15H,1-4H3,(H,24,25). The summed E-state index contributed by atoms with van der Waals surface area (Å²) in [5.41, 5.74) is 4.59. The number of benzene rings is 2. The molecule has 0 saturated carbocycles. The Morgan fingerprint density at radius 3 is 2.28 bits per heavy atom. The second kappa shape index (κ2) is 7.06. The van der Waals surface area contributed by atoms with Crippen LogP contribution >= 0.6 is 0 Å². The highest BCUT2D eigenvalue weighted by Crippen LogP contribution is 2.31. The summed E-state index contributed by atoms with van der Waals surface area (Å²) in [7, 11) is 0. The maximum Gasteiger partial charge on any atom is 0.255 e. The molecule has 0 spiro atoms. The van der Waals surface area contributed by atoms with E-state index in [1.165, 1.54) is 5.56 Å². The molecule has 0 aliphatic heterocycles. The summed E-state index contributed by atoms with van der Waals surface area (Å²) >= 11 is 0. The molecule has 25 heavy (non-hydrogen) atoms. The number of hydrogen-bond acceptors (Lipinski definition) is 2. The van der Waals surface area contributed by atoms with Gasteiger partial charge in [-0.15, -0.1) is 0 Å². The van der Waals surface area contributed by atoms with E-state index in [-0.39, 0.29) is 5.91 Å². The van der Waals surface area contributed by atoms with Gasteiger partial charge in [-0.2, -0.15) is 0 Å². The molecule has 0 aliphatic carbocycles. The van der Waals surface area contributed by atoms with Crippen LogP contribution in [-0.4, -0.2) is 10.9 Å². The summed E-state index contributed by atoms with van der Waals surface area (Å²) < 4.78 is 0. The quantitative estimate of drug-likeness (QED) is 0.662. The molecule has 3 heteroatoms. The number of carbonyl (C=O) groups excluding carboxylic acids is 1. The van der Waals surface area contributed by atoms with Crippen molar-refractivity contribution in [3.63, 3.8) is 0 Å². The largest absolute Gasteiger partial charge is 0.320 e. The number of fused-ring (bicyclic) bond motifs is 1. The van der Waals surface area contributed by atoms with Gasteiger partial charge in [0.25, 0.3) is 5.91 Å². The lowest BCUT2D eigenvalue weighted by atomic mass is 9.95. The van der Waals surface area contributed by atoms with E-state index in [1.54, 1.807) is 0 Å². The fourth-order valence-electron chi connectivity index (χ4n) is 2.95. The molecule has 0 unspecified atom stereocenters. The average Bonchev–Trinajstić information content (AvgIpc) is 2.61. The van der Waals surface area contributed by atoms with Gasteiger partial charge in [-0.05, 0) is 41.7 Å². The Morgan fingerprint density at radius 2 is 1.64 bits per heavy atom. The highest BCUT2D eigenvalue weighted by molar-refractivity contribution is 6.08. The first-order valence-corrected chi connectivity index (χ1v) is 8.77. The molecule has 0 radical (unpaired) electrons. The van der Waals surface area contributed by atoms with Gasteiger partial charge in [0.15, 0.2) is 0 Å². The molecule has 3 aromatic rings. The van der Waals surface area contributed by atoms with E-state index < -0.39 is 0 Å². The van der Waals surface area contributed by atoms with Crippen LogP contribution in [0.2, 0.25) is 0 Å². The van der Waals surface area contributed by atoms with Crippen LogP contribution in [0.5, 0.6) is 0 Å². The van der Waals surface area contributed by atoms with Crippen LogP contribution in [0.25, 0.3) is 10.9 Å². The first kappa shape index (κ1) is 17.2. The Balaban J connectivity index is 2.11. The number of nitrogens with zero attached hydrogens (tertiary/aromatic N) is 1. The molecular formula is C22H24N2O. The average molecular weight is 332 g/mol. The van der Waals surface area contributed by atoms with Gasteiger partial charge in [0, 0.05) is 16.6 Å². The van der Waals surface area contributed by atoms with E-state index in [4.69, 9.17) is 4.98 Å². The van der Waals surface area contributed by atoms with E-state index in [0.29, 0.717) is 17.4 Å². The van der Waals surface area contributed by atoms with Gasteiger partial charge >= 0.3 is 0 Å². The van der Waals surface area contributed by atoms with E-state index in [9.17, 15) is 4.79 Å². The second-order valence-corrected chi connectivity index (χ2v) is 6.97. The van der Waals surface area contributed by atoms with Crippen molar-refractivity contribution >= 4 is 22.5 Å². The molecule has 1 heterocycles. The first-order chi connectivity index (χ1) is 12.0. The number of pyridine rings is 1. The van der Waals surface area contributed by atoms with Gasteiger partial charge in [-0.3, -0.25) is 9.78 Å². The van der Waals surface area contributed by atoms with Crippen molar-refractivity contribution < 1.29 is 4.79 Å². The van der Waals surface area contributed by atoms with E-state index >= 15 is 0 Å². The Bertz CT molecular complexity index is 899. The maximum absolute atomic E-state index is 12.6. The fourth-order valence-corrected chi connectivity index (χ4v) is 2.95. The third-order valence-electron chi connectivity index (χ3n) is 4.39. The summed E-state index contributed by atoms with van der Waals surface area (Å²) in [6.45, 7) is 8.66. The zero-order valence-electron chi connectivity index (χ0n) is 15.2. The van der Waals surface area contributed by atoms with Crippen molar-refractivity contribution in [2.45, 2.75) is 39.5 Å². The molecule has 3 nitrogen and oxygen atoms in total. The summed E-state index contributed by atoms with van der Waals surface area (Å²) in [5, 5.41) is 4.13. The van der Waals surface area contributed by atoms with Gasteiger partial charge < -0.3 is 5.32 Å². The Morgan fingerprint density at radius 1 is 0.920 bits per heavy atom. The molecule has 0 saturated heterocycles. The molecule has 1 amide bonds. The maximum atomic E-state index is 12.6. The molecule has 1 N–H and O–H groups in total.